The number of piperidine rings is 1. The molecule has 1 N–H and O–H groups in total. The topological polar surface area (TPSA) is 93.9 Å². The molecule has 1 aliphatic heterocycles. The minimum absolute atomic E-state index is 0.0456. The number of rotatable bonds is 7. The van der Waals surface area contributed by atoms with Gasteiger partial charge in [0.05, 0.1) is 19.8 Å². The average Bonchev–Trinajstić information content (AvgIpc) is 3.26. The van der Waals surface area contributed by atoms with Gasteiger partial charge in [0.2, 0.25) is 5.91 Å². The smallest absolute Gasteiger partial charge is 0.274 e. The third-order valence-corrected chi connectivity index (χ3v) is 5.73. The Balaban J connectivity index is 1.74. The standard InChI is InChI=1S/C23H31N3O5/c1-14(2)21(23(28)26-10-8-15(3)9-11-26)24-22(27)18-13-20(31-25-18)17-7-6-16(29-4)12-19(17)30-5/h6-7,12-15,21H,8-11H2,1-5H3,(H,24,27)/t21-/m0/s1. The predicted molar refractivity (Wildman–Crippen MR) is 116 cm³/mol. The molecule has 0 aliphatic carbocycles. The van der Waals surface area contributed by atoms with Crippen molar-refractivity contribution in [3.63, 3.8) is 0 Å². The minimum Gasteiger partial charge on any atom is -0.497 e. The number of hydrogen-bond acceptors (Lipinski definition) is 6. The Labute approximate surface area is 182 Å². The second-order valence-corrected chi connectivity index (χ2v) is 8.35. The van der Waals surface area contributed by atoms with Gasteiger partial charge in [-0.05, 0) is 36.8 Å². The molecule has 1 aromatic heterocycles. The third-order valence-electron chi connectivity index (χ3n) is 5.73. The molecule has 3 rings (SSSR count). The van der Waals surface area contributed by atoms with E-state index >= 15 is 0 Å². The maximum atomic E-state index is 13.0. The van der Waals surface area contributed by atoms with Crippen molar-refractivity contribution in [1.82, 2.24) is 15.4 Å². The lowest BCUT2D eigenvalue weighted by Gasteiger charge is -2.34. The van der Waals surface area contributed by atoms with E-state index in [-0.39, 0.29) is 17.5 Å². The largest absolute Gasteiger partial charge is 0.497 e. The van der Waals surface area contributed by atoms with Crippen LogP contribution in [0.15, 0.2) is 28.8 Å². The van der Waals surface area contributed by atoms with Crippen molar-refractivity contribution in [3.05, 3.63) is 30.0 Å². The third kappa shape index (κ3) is 5.18. The lowest BCUT2D eigenvalue weighted by Crippen LogP contribution is -2.52. The Bertz CT molecular complexity index is 916. The second-order valence-electron chi connectivity index (χ2n) is 8.35. The first-order valence-corrected chi connectivity index (χ1v) is 10.6. The van der Waals surface area contributed by atoms with E-state index in [2.05, 4.69) is 17.4 Å². The van der Waals surface area contributed by atoms with Crippen molar-refractivity contribution in [1.29, 1.82) is 0 Å². The van der Waals surface area contributed by atoms with Crippen molar-refractivity contribution < 1.29 is 23.6 Å². The van der Waals surface area contributed by atoms with Crippen LogP contribution in [-0.2, 0) is 4.79 Å². The molecule has 8 nitrogen and oxygen atoms in total. The van der Waals surface area contributed by atoms with Gasteiger partial charge in [0.1, 0.15) is 17.5 Å². The molecule has 31 heavy (non-hydrogen) atoms. The molecule has 1 aromatic carbocycles. The maximum absolute atomic E-state index is 13.0. The van der Waals surface area contributed by atoms with E-state index in [9.17, 15) is 9.59 Å². The molecular formula is C23H31N3O5. The monoisotopic (exact) mass is 429 g/mol. The molecule has 168 valence electrons. The van der Waals surface area contributed by atoms with Crippen LogP contribution in [-0.4, -0.2) is 55.2 Å². The molecule has 1 saturated heterocycles. The number of likely N-dealkylation sites (tertiary alicyclic amines) is 1. The Morgan fingerprint density at radius 3 is 2.48 bits per heavy atom. The van der Waals surface area contributed by atoms with Crippen LogP contribution < -0.4 is 14.8 Å². The zero-order valence-corrected chi connectivity index (χ0v) is 18.8. The first kappa shape index (κ1) is 22.7. The van der Waals surface area contributed by atoms with E-state index in [0.29, 0.717) is 28.7 Å². The Kier molecular flexibility index (Phi) is 7.20. The highest BCUT2D eigenvalue weighted by atomic mass is 16.5. The highest BCUT2D eigenvalue weighted by Crippen LogP contribution is 2.33. The zero-order chi connectivity index (χ0) is 22.5. The summed E-state index contributed by atoms with van der Waals surface area (Å²) in [6.07, 6.45) is 1.97. The number of nitrogens with zero attached hydrogens (tertiary/aromatic N) is 2. The van der Waals surface area contributed by atoms with Gasteiger partial charge in [-0.2, -0.15) is 0 Å². The summed E-state index contributed by atoms with van der Waals surface area (Å²) in [5, 5.41) is 6.75. The van der Waals surface area contributed by atoms with Crippen molar-refractivity contribution in [2.24, 2.45) is 11.8 Å². The lowest BCUT2D eigenvalue weighted by molar-refractivity contribution is -0.135. The van der Waals surface area contributed by atoms with E-state index in [1.807, 2.05) is 18.7 Å². The first-order valence-electron chi connectivity index (χ1n) is 10.6. The Morgan fingerprint density at radius 1 is 1.16 bits per heavy atom. The zero-order valence-electron chi connectivity index (χ0n) is 18.8. The number of benzene rings is 1. The first-order chi connectivity index (χ1) is 14.8. The van der Waals surface area contributed by atoms with Gasteiger partial charge in [-0.3, -0.25) is 9.59 Å². The number of methoxy groups -OCH3 is 2. The summed E-state index contributed by atoms with van der Waals surface area (Å²) < 4.78 is 16.0. The van der Waals surface area contributed by atoms with Crippen molar-refractivity contribution in [2.45, 2.75) is 39.7 Å². The Hall–Kier alpha value is -3.03. The fraction of sp³-hybridized carbons (Fsp3) is 0.522. The number of hydrogen-bond donors (Lipinski definition) is 1. The highest BCUT2D eigenvalue weighted by Gasteiger charge is 2.31. The number of ether oxygens (including phenoxy) is 2. The number of carbonyl (C=O) groups excluding carboxylic acids is 2. The van der Waals surface area contributed by atoms with Gasteiger partial charge >= 0.3 is 0 Å². The summed E-state index contributed by atoms with van der Waals surface area (Å²) >= 11 is 0. The van der Waals surface area contributed by atoms with Crippen LogP contribution in [0.4, 0.5) is 0 Å². The van der Waals surface area contributed by atoms with Gasteiger partial charge in [0.15, 0.2) is 11.5 Å². The van der Waals surface area contributed by atoms with Gasteiger partial charge in [0, 0.05) is 25.2 Å². The molecule has 1 atom stereocenters. The van der Waals surface area contributed by atoms with Crippen molar-refractivity contribution in [3.8, 4) is 22.8 Å². The van der Waals surface area contributed by atoms with Gasteiger partial charge in [0.25, 0.3) is 5.91 Å². The van der Waals surface area contributed by atoms with Crippen LogP contribution in [0.3, 0.4) is 0 Å². The van der Waals surface area contributed by atoms with E-state index < -0.39 is 11.9 Å². The van der Waals surface area contributed by atoms with E-state index in [0.717, 1.165) is 25.9 Å². The SMILES string of the molecule is COc1ccc(-c2cc(C(=O)N[C@H](C(=O)N3CCC(C)CC3)C(C)C)no2)c(OC)c1. The summed E-state index contributed by atoms with van der Waals surface area (Å²) in [7, 11) is 3.12. The fourth-order valence-electron chi connectivity index (χ4n) is 3.67. The van der Waals surface area contributed by atoms with Crippen LogP contribution in [0.1, 0.15) is 44.1 Å². The number of aromatic nitrogens is 1. The van der Waals surface area contributed by atoms with E-state index in [1.165, 1.54) is 0 Å². The normalized spacial score (nSPS) is 15.6. The fourth-order valence-corrected chi connectivity index (χ4v) is 3.67. The summed E-state index contributed by atoms with van der Waals surface area (Å²) in [5.74, 6) is 1.65. The average molecular weight is 430 g/mol. The van der Waals surface area contributed by atoms with Crippen molar-refractivity contribution in [2.75, 3.05) is 27.3 Å². The van der Waals surface area contributed by atoms with Gasteiger partial charge in [-0.15, -0.1) is 0 Å². The molecule has 0 radical (unpaired) electrons. The quantitative estimate of drug-likeness (QED) is 0.725. The van der Waals surface area contributed by atoms with Crippen LogP contribution >= 0.6 is 0 Å². The highest BCUT2D eigenvalue weighted by molar-refractivity contribution is 5.97. The molecule has 2 heterocycles. The molecule has 0 saturated carbocycles. The molecule has 2 aromatic rings. The molecule has 8 heteroatoms. The van der Waals surface area contributed by atoms with E-state index in [4.69, 9.17) is 14.0 Å². The number of carbonyl (C=O) groups is 2. The van der Waals surface area contributed by atoms with Gasteiger partial charge in [-0.1, -0.05) is 25.9 Å². The molecule has 2 amide bonds. The van der Waals surface area contributed by atoms with Crippen LogP contribution in [0, 0.1) is 11.8 Å². The molecule has 0 spiro atoms. The summed E-state index contributed by atoms with van der Waals surface area (Å²) in [4.78, 5) is 27.7. The summed E-state index contributed by atoms with van der Waals surface area (Å²) in [5.41, 5.74) is 0.757. The lowest BCUT2D eigenvalue weighted by atomic mass is 9.96. The Morgan fingerprint density at radius 2 is 1.87 bits per heavy atom. The predicted octanol–water partition coefficient (Wildman–Crippen LogP) is 3.37. The van der Waals surface area contributed by atoms with Gasteiger partial charge in [-0.25, -0.2) is 0 Å². The summed E-state index contributed by atoms with van der Waals surface area (Å²) in [6, 6.07) is 6.20. The number of nitrogens with one attached hydrogen (secondary N) is 1. The molecule has 1 fully saturated rings. The van der Waals surface area contributed by atoms with Crippen LogP contribution in [0.2, 0.25) is 0 Å². The molecule has 1 aliphatic rings. The van der Waals surface area contributed by atoms with Gasteiger partial charge < -0.3 is 24.2 Å². The van der Waals surface area contributed by atoms with E-state index in [1.54, 1.807) is 38.5 Å². The molecular weight excluding hydrogens is 398 g/mol. The molecule has 0 unspecified atom stereocenters. The summed E-state index contributed by atoms with van der Waals surface area (Å²) in [6.45, 7) is 7.50. The minimum atomic E-state index is -0.614. The second kappa shape index (κ2) is 9.85. The number of amides is 2. The van der Waals surface area contributed by atoms with Crippen LogP contribution in [0.5, 0.6) is 11.5 Å². The maximum Gasteiger partial charge on any atom is 0.274 e. The molecule has 0 bridgehead atoms. The van der Waals surface area contributed by atoms with Crippen molar-refractivity contribution >= 4 is 11.8 Å². The van der Waals surface area contributed by atoms with Crippen LogP contribution in [0.25, 0.3) is 11.3 Å².